The molecule has 3 aromatic rings. The van der Waals surface area contributed by atoms with E-state index in [0.29, 0.717) is 31.7 Å². The van der Waals surface area contributed by atoms with Gasteiger partial charge in [-0.05, 0) is 48.7 Å². The lowest BCUT2D eigenvalue weighted by Gasteiger charge is -2.06. The molecule has 7 nitrogen and oxygen atoms in total. The average molecular weight is 407 g/mol. The summed E-state index contributed by atoms with van der Waals surface area (Å²) < 4.78 is 17.8. The number of carbonyl (C=O) groups excluding carboxylic acids is 1. The normalized spacial score (nSPS) is 12.2. The lowest BCUT2D eigenvalue weighted by atomic mass is 10.0. The van der Waals surface area contributed by atoms with Crippen molar-refractivity contribution >= 4 is 5.91 Å². The highest BCUT2D eigenvalue weighted by Crippen LogP contribution is 2.36. The van der Waals surface area contributed by atoms with Gasteiger partial charge in [-0.15, -0.1) is 0 Å². The van der Waals surface area contributed by atoms with Gasteiger partial charge in [-0.25, -0.2) is 4.68 Å². The van der Waals surface area contributed by atoms with Crippen LogP contribution in [0.1, 0.15) is 18.4 Å². The van der Waals surface area contributed by atoms with E-state index in [9.17, 15) is 4.79 Å². The van der Waals surface area contributed by atoms with Crippen molar-refractivity contribution in [1.29, 1.82) is 0 Å². The molecular formula is C23H25N3O4. The first-order chi connectivity index (χ1) is 14.7. The molecule has 0 unspecified atom stereocenters. The molecule has 0 saturated carbocycles. The number of methoxy groups -OCH3 is 1. The summed E-state index contributed by atoms with van der Waals surface area (Å²) in [5.41, 5.74) is 3.74. The zero-order chi connectivity index (χ0) is 20.8. The fraction of sp³-hybridized carbons (Fsp3) is 0.304. The van der Waals surface area contributed by atoms with Crippen LogP contribution in [0.15, 0.2) is 54.7 Å². The van der Waals surface area contributed by atoms with E-state index in [-0.39, 0.29) is 12.7 Å². The van der Waals surface area contributed by atoms with Crippen molar-refractivity contribution in [1.82, 2.24) is 15.1 Å². The summed E-state index contributed by atoms with van der Waals surface area (Å²) in [5, 5.41) is 7.75. The summed E-state index contributed by atoms with van der Waals surface area (Å²) in [7, 11) is 1.66. The summed E-state index contributed by atoms with van der Waals surface area (Å²) in [5.74, 6) is 1.47. The maximum Gasteiger partial charge on any atom is 0.231 e. The summed E-state index contributed by atoms with van der Waals surface area (Å²) in [6.45, 7) is 1.48. The van der Waals surface area contributed by atoms with Gasteiger partial charge in [-0.1, -0.05) is 18.2 Å². The number of rotatable bonds is 9. The average Bonchev–Trinajstić information content (AvgIpc) is 3.42. The molecule has 1 aromatic heterocycles. The van der Waals surface area contributed by atoms with E-state index in [2.05, 4.69) is 5.32 Å². The smallest absolute Gasteiger partial charge is 0.231 e. The Bertz CT molecular complexity index is 1000. The van der Waals surface area contributed by atoms with Crippen LogP contribution in [0.5, 0.6) is 11.5 Å². The van der Waals surface area contributed by atoms with E-state index >= 15 is 0 Å². The molecule has 1 aliphatic rings. The Kier molecular flexibility index (Phi) is 6.29. The second kappa shape index (κ2) is 9.45. The van der Waals surface area contributed by atoms with Crippen LogP contribution in [0.4, 0.5) is 0 Å². The van der Waals surface area contributed by atoms with E-state index in [1.54, 1.807) is 7.11 Å². The number of aryl methyl sites for hydroxylation is 1. The minimum absolute atomic E-state index is 0.0233. The third kappa shape index (κ3) is 4.63. The third-order valence-corrected chi connectivity index (χ3v) is 4.93. The number of hydrogen-bond acceptors (Lipinski definition) is 5. The molecule has 0 saturated heterocycles. The largest absolute Gasteiger partial charge is 0.454 e. The minimum atomic E-state index is 0.0233. The Balaban J connectivity index is 1.55. The Hall–Kier alpha value is -3.32. The van der Waals surface area contributed by atoms with E-state index in [1.165, 1.54) is 0 Å². The van der Waals surface area contributed by atoms with Crippen LogP contribution < -0.4 is 14.8 Å². The number of fused-ring (bicyclic) bond motifs is 1. The van der Waals surface area contributed by atoms with Crippen molar-refractivity contribution in [2.45, 2.75) is 19.3 Å². The maximum atomic E-state index is 12.2. The van der Waals surface area contributed by atoms with Crippen LogP contribution in [0.25, 0.3) is 16.9 Å². The van der Waals surface area contributed by atoms with Gasteiger partial charge in [0.2, 0.25) is 12.7 Å². The lowest BCUT2D eigenvalue weighted by Crippen LogP contribution is -2.25. The first-order valence-electron chi connectivity index (χ1n) is 10.0. The van der Waals surface area contributed by atoms with Crippen molar-refractivity contribution in [3.05, 3.63) is 60.3 Å². The van der Waals surface area contributed by atoms with Crippen molar-refractivity contribution in [3.8, 4) is 28.4 Å². The summed E-state index contributed by atoms with van der Waals surface area (Å²) in [4.78, 5) is 12.2. The first-order valence-corrected chi connectivity index (χ1v) is 10.0. The number of hydrogen-bond donors (Lipinski definition) is 1. The maximum absolute atomic E-state index is 12.2. The minimum Gasteiger partial charge on any atom is -0.454 e. The lowest BCUT2D eigenvalue weighted by molar-refractivity contribution is -0.121. The van der Waals surface area contributed by atoms with Gasteiger partial charge >= 0.3 is 0 Å². The Labute approximate surface area is 175 Å². The molecule has 0 aliphatic carbocycles. The number of nitrogens with one attached hydrogen (secondary N) is 1. The van der Waals surface area contributed by atoms with Crippen molar-refractivity contribution in [2.75, 3.05) is 27.1 Å². The molecule has 4 rings (SSSR count). The van der Waals surface area contributed by atoms with Crippen LogP contribution in [0, 0.1) is 0 Å². The molecule has 0 bridgehead atoms. The molecule has 1 amide bonds. The number of aromatic nitrogens is 2. The second-order valence-corrected chi connectivity index (χ2v) is 7.05. The van der Waals surface area contributed by atoms with Gasteiger partial charge in [0, 0.05) is 38.4 Å². The number of para-hydroxylation sites is 1. The molecule has 0 radical (unpaired) electrons. The number of ether oxygens (including phenoxy) is 3. The van der Waals surface area contributed by atoms with Gasteiger partial charge in [0.25, 0.3) is 0 Å². The van der Waals surface area contributed by atoms with Crippen LogP contribution in [0.3, 0.4) is 0 Å². The van der Waals surface area contributed by atoms with Crippen LogP contribution in [-0.4, -0.2) is 42.7 Å². The molecule has 2 aromatic carbocycles. The van der Waals surface area contributed by atoms with E-state index in [1.807, 2.05) is 59.4 Å². The van der Waals surface area contributed by atoms with Gasteiger partial charge in [-0.2, -0.15) is 5.10 Å². The molecule has 0 atom stereocenters. The van der Waals surface area contributed by atoms with Crippen LogP contribution in [-0.2, 0) is 16.0 Å². The van der Waals surface area contributed by atoms with E-state index in [0.717, 1.165) is 34.7 Å². The summed E-state index contributed by atoms with van der Waals surface area (Å²) in [6.07, 6.45) is 3.78. The number of amides is 1. The van der Waals surface area contributed by atoms with Gasteiger partial charge in [0.05, 0.1) is 11.4 Å². The fourth-order valence-electron chi connectivity index (χ4n) is 3.37. The van der Waals surface area contributed by atoms with Crippen molar-refractivity contribution < 1.29 is 19.0 Å². The van der Waals surface area contributed by atoms with Crippen molar-refractivity contribution in [2.24, 2.45) is 0 Å². The predicted molar refractivity (Wildman–Crippen MR) is 113 cm³/mol. The standard InChI is InChI=1S/C23H25N3O4/c1-28-13-5-12-24-22(27)11-9-18-15-26(19-6-3-2-4-7-19)25-23(18)17-8-10-20-21(14-17)30-16-29-20/h2-4,6-8,10,14-15H,5,9,11-13,16H2,1H3,(H,24,27). The Morgan fingerprint density at radius 3 is 2.83 bits per heavy atom. The van der Waals surface area contributed by atoms with E-state index in [4.69, 9.17) is 19.3 Å². The number of benzene rings is 2. The van der Waals surface area contributed by atoms with Crippen molar-refractivity contribution in [3.63, 3.8) is 0 Å². The van der Waals surface area contributed by atoms with Gasteiger partial charge < -0.3 is 19.5 Å². The molecule has 1 N–H and O–H groups in total. The highest BCUT2D eigenvalue weighted by molar-refractivity contribution is 5.76. The quantitative estimate of drug-likeness (QED) is 0.551. The molecule has 1 aliphatic heterocycles. The Morgan fingerprint density at radius 1 is 1.17 bits per heavy atom. The topological polar surface area (TPSA) is 74.6 Å². The molecular weight excluding hydrogens is 382 g/mol. The molecule has 0 spiro atoms. The SMILES string of the molecule is COCCCNC(=O)CCc1cn(-c2ccccc2)nc1-c1ccc2c(c1)OCO2. The van der Waals surface area contributed by atoms with Gasteiger partial charge in [0.1, 0.15) is 0 Å². The zero-order valence-electron chi connectivity index (χ0n) is 17.0. The monoisotopic (exact) mass is 407 g/mol. The van der Waals surface area contributed by atoms with E-state index < -0.39 is 0 Å². The van der Waals surface area contributed by atoms with Gasteiger partial charge in [-0.3, -0.25) is 4.79 Å². The fourth-order valence-corrected chi connectivity index (χ4v) is 3.37. The highest BCUT2D eigenvalue weighted by atomic mass is 16.7. The van der Waals surface area contributed by atoms with Crippen LogP contribution >= 0.6 is 0 Å². The Morgan fingerprint density at radius 2 is 2.00 bits per heavy atom. The van der Waals surface area contributed by atoms with Gasteiger partial charge in [0.15, 0.2) is 11.5 Å². The van der Waals surface area contributed by atoms with Crippen LogP contribution in [0.2, 0.25) is 0 Å². The highest BCUT2D eigenvalue weighted by Gasteiger charge is 2.18. The molecule has 30 heavy (non-hydrogen) atoms. The number of nitrogens with zero attached hydrogens (tertiary/aromatic N) is 2. The first kappa shape index (κ1) is 20.0. The summed E-state index contributed by atoms with van der Waals surface area (Å²) >= 11 is 0. The predicted octanol–water partition coefficient (Wildman–Crippen LogP) is 3.35. The zero-order valence-corrected chi connectivity index (χ0v) is 17.0. The number of carbonyl (C=O) groups is 1. The molecule has 7 heteroatoms. The molecule has 2 heterocycles. The third-order valence-electron chi connectivity index (χ3n) is 4.93. The molecule has 156 valence electrons. The molecule has 0 fully saturated rings. The second-order valence-electron chi connectivity index (χ2n) is 7.05. The summed E-state index contributed by atoms with van der Waals surface area (Å²) in [6, 6.07) is 15.7.